The Hall–Kier alpha value is -0.260. The summed E-state index contributed by atoms with van der Waals surface area (Å²) in [5.74, 6) is 0. The van der Waals surface area contributed by atoms with E-state index in [9.17, 15) is 8.78 Å². The predicted molar refractivity (Wildman–Crippen MR) is 55.3 cm³/mol. The summed E-state index contributed by atoms with van der Waals surface area (Å²) in [6.45, 7) is 3.97. The van der Waals surface area contributed by atoms with E-state index in [1.54, 1.807) is 11.9 Å². The summed E-state index contributed by atoms with van der Waals surface area (Å²) in [7, 11) is 1.73. The van der Waals surface area contributed by atoms with Crippen molar-refractivity contribution in [1.82, 2.24) is 10.2 Å². The zero-order chi connectivity index (χ0) is 11.3. The fraction of sp³-hybridized carbons (Fsp3) is 1.00. The largest absolute Gasteiger partial charge is 0.380 e. The molecule has 3 nitrogen and oxygen atoms in total. The number of halogens is 2. The zero-order valence-electron chi connectivity index (χ0n) is 9.38. The molecule has 1 saturated heterocycles. The Balaban J connectivity index is 2.46. The number of ether oxygens (including phenoxy) is 1. The Kier molecular flexibility index (Phi) is 5.42. The second-order valence-electron chi connectivity index (χ2n) is 3.93. The molecule has 1 heterocycles. The fourth-order valence-corrected chi connectivity index (χ4v) is 2.01. The highest BCUT2D eigenvalue weighted by molar-refractivity contribution is 4.86. The maximum Gasteiger partial charge on any atom is 0.251 e. The smallest absolute Gasteiger partial charge is 0.251 e. The first-order valence-electron chi connectivity index (χ1n) is 5.44. The van der Waals surface area contributed by atoms with Gasteiger partial charge in [0.25, 0.3) is 6.43 Å². The molecule has 15 heavy (non-hydrogen) atoms. The fourth-order valence-electron chi connectivity index (χ4n) is 2.01. The lowest BCUT2D eigenvalue weighted by atomic mass is 10.0. The van der Waals surface area contributed by atoms with E-state index >= 15 is 0 Å². The molecule has 2 unspecified atom stereocenters. The number of hydrogen-bond donors (Lipinski definition) is 1. The Morgan fingerprint density at radius 2 is 2.27 bits per heavy atom. The van der Waals surface area contributed by atoms with Crippen LogP contribution in [-0.2, 0) is 4.74 Å². The van der Waals surface area contributed by atoms with Gasteiger partial charge in [-0.15, -0.1) is 0 Å². The molecule has 0 aromatic carbocycles. The second-order valence-corrected chi connectivity index (χ2v) is 3.93. The summed E-state index contributed by atoms with van der Waals surface area (Å²) in [5.41, 5.74) is 0. The van der Waals surface area contributed by atoms with Crippen LogP contribution in [0.15, 0.2) is 0 Å². The number of nitrogens with zero attached hydrogens (tertiary/aromatic N) is 1. The molecular weight excluding hydrogens is 202 g/mol. The van der Waals surface area contributed by atoms with Gasteiger partial charge in [0.2, 0.25) is 0 Å². The van der Waals surface area contributed by atoms with E-state index in [-0.39, 0.29) is 18.6 Å². The van der Waals surface area contributed by atoms with Crippen LogP contribution in [0.4, 0.5) is 8.78 Å². The van der Waals surface area contributed by atoms with Crippen LogP contribution in [0.2, 0.25) is 0 Å². The van der Waals surface area contributed by atoms with E-state index in [1.807, 2.05) is 6.92 Å². The summed E-state index contributed by atoms with van der Waals surface area (Å²) in [6.07, 6.45) is -1.38. The maximum atomic E-state index is 12.3. The first-order chi connectivity index (χ1) is 7.15. The Morgan fingerprint density at radius 3 is 2.87 bits per heavy atom. The number of nitrogens with one attached hydrogen (secondary N) is 1. The minimum Gasteiger partial charge on any atom is -0.380 e. The minimum atomic E-state index is -2.28. The molecule has 1 rings (SSSR count). The first-order valence-corrected chi connectivity index (χ1v) is 5.44. The highest BCUT2D eigenvalue weighted by atomic mass is 19.3. The van der Waals surface area contributed by atoms with Crippen molar-refractivity contribution >= 4 is 0 Å². The molecule has 1 fully saturated rings. The van der Waals surface area contributed by atoms with Gasteiger partial charge in [-0.1, -0.05) is 6.92 Å². The SMILES string of the molecule is CCNC1CCOCC1N(C)CC(F)F. The van der Waals surface area contributed by atoms with Crippen LogP contribution in [0, 0.1) is 0 Å². The predicted octanol–water partition coefficient (Wildman–Crippen LogP) is 0.950. The molecule has 0 radical (unpaired) electrons. The summed E-state index contributed by atoms with van der Waals surface area (Å²) in [4.78, 5) is 1.69. The van der Waals surface area contributed by atoms with Gasteiger partial charge in [0.15, 0.2) is 0 Å². The topological polar surface area (TPSA) is 24.5 Å². The van der Waals surface area contributed by atoms with Gasteiger partial charge in [0.05, 0.1) is 13.2 Å². The molecule has 0 amide bonds. The molecule has 5 heteroatoms. The lowest BCUT2D eigenvalue weighted by Gasteiger charge is -2.38. The molecule has 2 atom stereocenters. The molecule has 90 valence electrons. The molecular formula is C10H20F2N2O. The van der Waals surface area contributed by atoms with Gasteiger partial charge in [-0.05, 0) is 20.0 Å². The van der Waals surface area contributed by atoms with Gasteiger partial charge in [-0.2, -0.15) is 0 Å². The highest BCUT2D eigenvalue weighted by Gasteiger charge is 2.29. The molecule has 1 aliphatic heterocycles. The van der Waals surface area contributed by atoms with Gasteiger partial charge in [0, 0.05) is 18.7 Å². The molecule has 0 aliphatic carbocycles. The quantitative estimate of drug-likeness (QED) is 0.749. The van der Waals surface area contributed by atoms with Crippen LogP contribution >= 0.6 is 0 Å². The third-order valence-corrected chi connectivity index (χ3v) is 2.78. The van der Waals surface area contributed by atoms with Gasteiger partial charge in [-0.3, -0.25) is 4.90 Å². The van der Waals surface area contributed by atoms with Crippen molar-refractivity contribution in [3.05, 3.63) is 0 Å². The van der Waals surface area contributed by atoms with Crippen molar-refractivity contribution < 1.29 is 13.5 Å². The van der Waals surface area contributed by atoms with E-state index in [4.69, 9.17) is 4.74 Å². The number of rotatable bonds is 5. The molecule has 1 N–H and O–H groups in total. The van der Waals surface area contributed by atoms with Crippen molar-refractivity contribution in [3.63, 3.8) is 0 Å². The van der Waals surface area contributed by atoms with Crippen LogP contribution in [-0.4, -0.2) is 56.8 Å². The monoisotopic (exact) mass is 222 g/mol. The number of hydrogen-bond acceptors (Lipinski definition) is 3. The van der Waals surface area contributed by atoms with Crippen LogP contribution < -0.4 is 5.32 Å². The maximum absolute atomic E-state index is 12.3. The average Bonchev–Trinajstić information content (AvgIpc) is 2.18. The van der Waals surface area contributed by atoms with Gasteiger partial charge < -0.3 is 10.1 Å². The zero-order valence-corrected chi connectivity index (χ0v) is 9.38. The Labute approximate surface area is 89.8 Å². The third kappa shape index (κ3) is 4.01. The lowest BCUT2D eigenvalue weighted by molar-refractivity contribution is -0.0127. The standard InChI is InChI=1S/C10H20F2N2O/c1-3-13-8-4-5-15-7-9(8)14(2)6-10(11)12/h8-10,13H,3-7H2,1-2H3. The van der Waals surface area contributed by atoms with Gasteiger partial charge >= 0.3 is 0 Å². The highest BCUT2D eigenvalue weighted by Crippen LogP contribution is 2.14. The van der Waals surface area contributed by atoms with E-state index in [2.05, 4.69) is 5.32 Å². The van der Waals surface area contributed by atoms with Gasteiger partial charge in [0.1, 0.15) is 0 Å². The molecule has 0 aromatic rings. The second kappa shape index (κ2) is 6.35. The summed E-state index contributed by atoms with van der Waals surface area (Å²) in [5, 5.41) is 3.32. The van der Waals surface area contributed by atoms with Crippen LogP contribution in [0.5, 0.6) is 0 Å². The lowest BCUT2D eigenvalue weighted by Crippen LogP contribution is -2.55. The minimum absolute atomic E-state index is 0.0627. The molecule has 0 bridgehead atoms. The van der Waals surface area contributed by atoms with Crippen molar-refractivity contribution in [2.45, 2.75) is 31.9 Å². The molecule has 1 aliphatic rings. The van der Waals surface area contributed by atoms with Crippen molar-refractivity contribution in [1.29, 1.82) is 0 Å². The molecule has 0 spiro atoms. The number of alkyl halides is 2. The van der Waals surface area contributed by atoms with Crippen molar-refractivity contribution in [2.75, 3.05) is 33.4 Å². The van der Waals surface area contributed by atoms with Crippen molar-refractivity contribution in [2.24, 2.45) is 0 Å². The average molecular weight is 222 g/mol. The van der Waals surface area contributed by atoms with E-state index < -0.39 is 6.43 Å². The summed E-state index contributed by atoms with van der Waals surface area (Å²) < 4.78 is 29.8. The Morgan fingerprint density at radius 1 is 1.53 bits per heavy atom. The summed E-state index contributed by atoms with van der Waals surface area (Å²) in [6, 6.07) is 0.334. The molecule has 0 saturated carbocycles. The van der Waals surface area contributed by atoms with Crippen LogP contribution in [0.1, 0.15) is 13.3 Å². The first kappa shape index (κ1) is 12.8. The summed E-state index contributed by atoms with van der Waals surface area (Å²) >= 11 is 0. The van der Waals surface area contributed by atoms with Crippen LogP contribution in [0.3, 0.4) is 0 Å². The van der Waals surface area contributed by atoms with E-state index in [0.29, 0.717) is 6.61 Å². The van der Waals surface area contributed by atoms with Crippen molar-refractivity contribution in [3.8, 4) is 0 Å². The third-order valence-electron chi connectivity index (χ3n) is 2.78. The van der Waals surface area contributed by atoms with E-state index in [0.717, 1.165) is 19.6 Å². The number of likely N-dealkylation sites (N-methyl/N-ethyl adjacent to an activating group) is 2. The molecule has 0 aromatic heterocycles. The normalized spacial score (nSPS) is 27.6. The van der Waals surface area contributed by atoms with Gasteiger partial charge in [-0.25, -0.2) is 8.78 Å². The van der Waals surface area contributed by atoms with E-state index in [1.165, 1.54) is 0 Å². The van der Waals surface area contributed by atoms with Crippen LogP contribution in [0.25, 0.3) is 0 Å². The Bertz CT molecular complexity index is 179.